The monoisotopic (exact) mass is 281 g/mol. The molecular formula is C16H15N3O2. The van der Waals surface area contributed by atoms with Crippen LogP contribution in [0.15, 0.2) is 48.8 Å². The van der Waals surface area contributed by atoms with E-state index in [0.717, 1.165) is 5.56 Å². The number of ether oxygens (including phenoxy) is 1. The van der Waals surface area contributed by atoms with E-state index >= 15 is 0 Å². The smallest absolute Gasteiger partial charge is 0.242 e. The Balaban J connectivity index is 2.05. The van der Waals surface area contributed by atoms with Crippen molar-refractivity contribution < 1.29 is 9.53 Å². The number of nitrogens with zero attached hydrogens (tertiary/aromatic N) is 2. The zero-order chi connectivity index (χ0) is 15.1. The molecule has 0 saturated heterocycles. The molecule has 2 rings (SSSR count). The Morgan fingerprint density at radius 1 is 1.43 bits per heavy atom. The van der Waals surface area contributed by atoms with Gasteiger partial charge in [-0.05, 0) is 30.2 Å². The predicted molar refractivity (Wildman–Crippen MR) is 78.7 cm³/mol. The summed E-state index contributed by atoms with van der Waals surface area (Å²) in [5.41, 5.74) is 1.45. The van der Waals surface area contributed by atoms with Crippen LogP contribution in [0.4, 0.5) is 5.69 Å². The van der Waals surface area contributed by atoms with Gasteiger partial charge >= 0.3 is 0 Å². The van der Waals surface area contributed by atoms with Crippen LogP contribution in [0, 0.1) is 17.2 Å². The molecule has 5 heteroatoms. The standard InChI is InChI=1S/C16H15N3O2/c1-21-15-6-2-5-14(9-15)19-16(20)13(10-17)8-12-4-3-7-18-11-12/h2-7,9,11,13H,8H2,1H3,(H,19,20). The summed E-state index contributed by atoms with van der Waals surface area (Å²) in [7, 11) is 1.56. The van der Waals surface area contributed by atoms with E-state index in [1.54, 1.807) is 49.8 Å². The van der Waals surface area contributed by atoms with Crippen molar-refractivity contribution in [3.63, 3.8) is 0 Å². The number of methoxy groups -OCH3 is 1. The topological polar surface area (TPSA) is 75.0 Å². The number of rotatable bonds is 5. The fourth-order valence-electron chi connectivity index (χ4n) is 1.88. The predicted octanol–water partition coefficient (Wildman–Crippen LogP) is 2.41. The molecule has 0 aliphatic heterocycles. The molecule has 0 aliphatic rings. The van der Waals surface area contributed by atoms with Crippen molar-refractivity contribution in [3.8, 4) is 11.8 Å². The third-order valence-electron chi connectivity index (χ3n) is 2.97. The number of hydrogen-bond acceptors (Lipinski definition) is 4. The highest BCUT2D eigenvalue weighted by Gasteiger charge is 2.18. The van der Waals surface area contributed by atoms with E-state index in [2.05, 4.69) is 10.3 Å². The molecule has 1 unspecified atom stereocenters. The number of anilines is 1. The van der Waals surface area contributed by atoms with Gasteiger partial charge in [-0.1, -0.05) is 12.1 Å². The summed E-state index contributed by atoms with van der Waals surface area (Å²) >= 11 is 0. The summed E-state index contributed by atoms with van der Waals surface area (Å²) < 4.78 is 5.09. The van der Waals surface area contributed by atoms with Gasteiger partial charge in [-0.25, -0.2) is 0 Å². The Bertz CT molecular complexity index is 650. The number of carbonyl (C=O) groups excluding carboxylic acids is 1. The number of hydrogen-bond donors (Lipinski definition) is 1. The van der Waals surface area contributed by atoms with Gasteiger partial charge in [0.2, 0.25) is 5.91 Å². The van der Waals surface area contributed by atoms with E-state index in [4.69, 9.17) is 4.74 Å². The molecule has 1 heterocycles. The summed E-state index contributed by atoms with van der Waals surface area (Å²) in [6.07, 6.45) is 3.64. The third-order valence-corrected chi connectivity index (χ3v) is 2.97. The van der Waals surface area contributed by atoms with Crippen molar-refractivity contribution in [2.45, 2.75) is 6.42 Å². The van der Waals surface area contributed by atoms with Crippen LogP contribution in [0.5, 0.6) is 5.75 Å². The normalized spacial score (nSPS) is 11.2. The highest BCUT2D eigenvalue weighted by molar-refractivity contribution is 5.94. The molecule has 1 aromatic carbocycles. The molecule has 0 spiro atoms. The molecule has 106 valence electrons. The Morgan fingerprint density at radius 2 is 2.29 bits per heavy atom. The van der Waals surface area contributed by atoms with Crippen molar-refractivity contribution in [1.82, 2.24) is 4.98 Å². The lowest BCUT2D eigenvalue weighted by Gasteiger charge is -2.11. The number of aromatic nitrogens is 1. The molecule has 1 aromatic heterocycles. The first kappa shape index (κ1) is 14.5. The lowest BCUT2D eigenvalue weighted by molar-refractivity contribution is -0.118. The molecule has 0 radical (unpaired) electrons. The van der Waals surface area contributed by atoms with Crippen LogP contribution in [0.3, 0.4) is 0 Å². The number of nitrogens with one attached hydrogen (secondary N) is 1. The van der Waals surface area contributed by atoms with Gasteiger partial charge in [0.1, 0.15) is 11.7 Å². The molecular weight excluding hydrogens is 266 g/mol. The van der Waals surface area contributed by atoms with Crippen molar-refractivity contribution in [2.75, 3.05) is 12.4 Å². The van der Waals surface area contributed by atoms with Crippen LogP contribution in [0.2, 0.25) is 0 Å². The van der Waals surface area contributed by atoms with Crippen molar-refractivity contribution >= 4 is 11.6 Å². The highest BCUT2D eigenvalue weighted by Crippen LogP contribution is 2.18. The van der Waals surface area contributed by atoms with Crippen LogP contribution in [0.1, 0.15) is 5.56 Å². The van der Waals surface area contributed by atoms with Crippen LogP contribution in [-0.2, 0) is 11.2 Å². The first-order valence-electron chi connectivity index (χ1n) is 6.46. The summed E-state index contributed by atoms with van der Waals surface area (Å²) in [6.45, 7) is 0. The average molecular weight is 281 g/mol. The van der Waals surface area contributed by atoms with Gasteiger partial charge in [-0.2, -0.15) is 5.26 Å². The third kappa shape index (κ3) is 4.05. The largest absolute Gasteiger partial charge is 0.497 e. The van der Waals surface area contributed by atoms with Crippen LogP contribution in [-0.4, -0.2) is 18.0 Å². The molecule has 0 saturated carbocycles. The maximum absolute atomic E-state index is 12.2. The second kappa shape index (κ2) is 7.06. The van der Waals surface area contributed by atoms with Gasteiger partial charge in [-0.15, -0.1) is 0 Å². The summed E-state index contributed by atoms with van der Waals surface area (Å²) in [5.74, 6) is -0.455. The van der Waals surface area contributed by atoms with E-state index in [9.17, 15) is 10.1 Å². The van der Waals surface area contributed by atoms with Crippen LogP contribution in [0.25, 0.3) is 0 Å². The lowest BCUT2D eigenvalue weighted by atomic mass is 10.0. The van der Waals surface area contributed by atoms with Gasteiger partial charge in [0.25, 0.3) is 0 Å². The van der Waals surface area contributed by atoms with Gasteiger partial charge in [0.15, 0.2) is 0 Å². The first-order chi connectivity index (χ1) is 10.2. The Hall–Kier alpha value is -2.87. The zero-order valence-corrected chi connectivity index (χ0v) is 11.6. The van der Waals surface area contributed by atoms with Crippen molar-refractivity contribution in [3.05, 3.63) is 54.4 Å². The Kier molecular flexibility index (Phi) is 4.89. The first-order valence-corrected chi connectivity index (χ1v) is 6.46. The van der Waals surface area contributed by atoms with Crippen LogP contribution >= 0.6 is 0 Å². The minimum Gasteiger partial charge on any atom is -0.497 e. The fraction of sp³-hybridized carbons (Fsp3) is 0.188. The van der Waals surface area contributed by atoms with E-state index in [-0.39, 0.29) is 5.91 Å². The van der Waals surface area contributed by atoms with Gasteiger partial charge in [0.05, 0.1) is 13.2 Å². The highest BCUT2D eigenvalue weighted by atomic mass is 16.5. The number of nitriles is 1. The van der Waals surface area contributed by atoms with E-state index in [1.807, 2.05) is 12.1 Å². The maximum atomic E-state index is 12.2. The molecule has 21 heavy (non-hydrogen) atoms. The van der Waals surface area contributed by atoms with Crippen molar-refractivity contribution in [1.29, 1.82) is 5.26 Å². The number of pyridine rings is 1. The minimum absolute atomic E-state index is 0.333. The summed E-state index contributed by atoms with van der Waals surface area (Å²) in [6, 6.07) is 12.7. The zero-order valence-electron chi connectivity index (χ0n) is 11.6. The summed E-state index contributed by atoms with van der Waals surface area (Å²) in [5, 5.41) is 11.9. The van der Waals surface area contributed by atoms with E-state index in [0.29, 0.717) is 17.9 Å². The lowest BCUT2D eigenvalue weighted by Crippen LogP contribution is -2.23. The second-order valence-corrected chi connectivity index (χ2v) is 4.47. The molecule has 1 atom stereocenters. The second-order valence-electron chi connectivity index (χ2n) is 4.47. The fourth-order valence-corrected chi connectivity index (χ4v) is 1.88. The Morgan fingerprint density at radius 3 is 2.95 bits per heavy atom. The SMILES string of the molecule is COc1cccc(NC(=O)C(C#N)Cc2cccnc2)c1. The molecule has 0 fully saturated rings. The molecule has 5 nitrogen and oxygen atoms in total. The molecule has 1 N–H and O–H groups in total. The molecule has 0 aliphatic carbocycles. The van der Waals surface area contributed by atoms with Gasteiger partial charge in [-0.3, -0.25) is 9.78 Å². The minimum atomic E-state index is -0.764. The average Bonchev–Trinajstić information content (AvgIpc) is 2.53. The molecule has 0 bridgehead atoms. The van der Waals surface area contributed by atoms with E-state index in [1.165, 1.54) is 0 Å². The quantitative estimate of drug-likeness (QED) is 0.913. The van der Waals surface area contributed by atoms with Gasteiger partial charge in [0, 0.05) is 24.1 Å². The van der Waals surface area contributed by atoms with Crippen LogP contribution < -0.4 is 10.1 Å². The van der Waals surface area contributed by atoms with Crippen molar-refractivity contribution in [2.24, 2.45) is 5.92 Å². The Labute approximate surface area is 123 Å². The van der Waals surface area contributed by atoms with Gasteiger partial charge < -0.3 is 10.1 Å². The maximum Gasteiger partial charge on any atom is 0.242 e. The number of carbonyl (C=O) groups is 1. The molecule has 2 aromatic rings. The molecule has 1 amide bonds. The van der Waals surface area contributed by atoms with E-state index < -0.39 is 5.92 Å². The number of amides is 1. The number of benzene rings is 1. The summed E-state index contributed by atoms with van der Waals surface area (Å²) in [4.78, 5) is 16.1.